The molecular weight excluding hydrogens is 560 g/mol. The lowest BCUT2D eigenvalue weighted by Crippen LogP contribution is -2.57. The molecule has 11 N–H and O–H groups in total. The fraction of sp³-hybridized carbons (Fsp3) is 0.536. The SMILES string of the molecule is CSCCC(N)C(=O)NC(CCCN=C(N)N)C(=O)NC(Cc1c[nH]c2ccccc12)C(=O)NC(CC(C)C)C(=O)O. The summed E-state index contributed by atoms with van der Waals surface area (Å²) in [6.07, 6.45) is 4.91. The van der Waals surface area contributed by atoms with E-state index in [4.69, 9.17) is 17.2 Å². The van der Waals surface area contributed by atoms with E-state index in [0.717, 1.165) is 16.5 Å². The van der Waals surface area contributed by atoms with Crippen molar-refractivity contribution < 1.29 is 24.3 Å². The fourth-order valence-electron chi connectivity index (χ4n) is 4.39. The van der Waals surface area contributed by atoms with Crippen molar-refractivity contribution in [1.82, 2.24) is 20.9 Å². The summed E-state index contributed by atoms with van der Waals surface area (Å²) in [6.45, 7) is 3.94. The van der Waals surface area contributed by atoms with Gasteiger partial charge in [0.1, 0.15) is 18.1 Å². The molecule has 0 aliphatic rings. The number of benzene rings is 1. The number of guanidine groups is 1. The van der Waals surface area contributed by atoms with Crippen LogP contribution in [0.4, 0.5) is 0 Å². The maximum absolute atomic E-state index is 13.6. The Morgan fingerprint density at radius 3 is 2.26 bits per heavy atom. The van der Waals surface area contributed by atoms with Crippen LogP contribution >= 0.6 is 11.8 Å². The molecule has 42 heavy (non-hydrogen) atoms. The number of amides is 3. The van der Waals surface area contributed by atoms with Crippen molar-refractivity contribution in [2.75, 3.05) is 18.6 Å². The van der Waals surface area contributed by atoms with Crippen molar-refractivity contribution in [3.63, 3.8) is 0 Å². The lowest BCUT2D eigenvalue weighted by molar-refractivity contribution is -0.142. The molecular formula is C28H44N8O5S. The highest BCUT2D eigenvalue weighted by atomic mass is 32.2. The molecule has 13 nitrogen and oxygen atoms in total. The van der Waals surface area contributed by atoms with E-state index in [-0.39, 0.29) is 37.7 Å². The zero-order chi connectivity index (χ0) is 31.2. The number of carbonyl (C=O) groups is 4. The highest BCUT2D eigenvalue weighted by Gasteiger charge is 2.31. The molecule has 4 atom stereocenters. The van der Waals surface area contributed by atoms with Crippen molar-refractivity contribution in [2.24, 2.45) is 28.1 Å². The summed E-state index contributed by atoms with van der Waals surface area (Å²) in [6, 6.07) is 3.39. The van der Waals surface area contributed by atoms with E-state index in [0.29, 0.717) is 18.6 Å². The number of aliphatic carboxylic acids is 1. The van der Waals surface area contributed by atoms with Crippen LogP contribution in [0.25, 0.3) is 10.9 Å². The molecule has 1 aromatic carbocycles. The van der Waals surface area contributed by atoms with Crippen LogP contribution in [-0.4, -0.2) is 82.5 Å². The molecule has 4 unspecified atom stereocenters. The smallest absolute Gasteiger partial charge is 0.326 e. The van der Waals surface area contributed by atoms with Gasteiger partial charge in [-0.05, 0) is 55.2 Å². The number of aromatic amines is 1. The Balaban J connectivity index is 2.32. The molecule has 2 aromatic rings. The normalized spacial score (nSPS) is 14.0. The molecule has 0 aliphatic carbocycles. The second-order valence-corrected chi connectivity index (χ2v) is 11.5. The number of para-hydroxylation sites is 1. The average Bonchev–Trinajstić information content (AvgIpc) is 3.34. The first-order valence-electron chi connectivity index (χ1n) is 13.9. The lowest BCUT2D eigenvalue weighted by atomic mass is 10.0. The monoisotopic (exact) mass is 604 g/mol. The van der Waals surface area contributed by atoms with Gasteiger partial charge >= 0.3 is 5.97 Å². The van der Waals surface area contributed by atoms with Crippen LogP contribution in [0.3, 0.4) is 0 Å². The van der Waals surface area contributed by atoms with Crippen molar-refractivity contribution in [3.8, 4) is 0 Å². The van der Waals surface area contributed by atoms with E-state index in [1.807, 2.05) is 44.4 Å². The highest BCUT2D eigenvalue weighted by molar-refractivity contribution is 7.98. The fourth-order valence-corrected chi connectivity index (χ4v) is 4.88. The number of carbonyl (C=O) groups excluding carboxylic acids is 3. The predicted octanol–water partition coefficient (Wildman–Crippen LogP) is 0.430. The van der Waals surface area contributed by atoms with Gasteiger partial charge in [-0.1, -0.05) is 32.0 Å². The Morgan fingerprint density at radius 2 is 1.62 bits per heavy atom. The number of hydrogen-bond acceptors (Lipinski definition) is 7. The number of aromatic nitrogens is 1. The number of hydrogen-bond donors (Lipinski definition) is 8. The third kappa shape index (κ3) is 11.2. The van der Waals surface area contributed by atoms with Crippen LogP contribution in [-0.2, 0) is 25.6 Å². The summed E-state index contributed by atoms with van der Waals surface area (Å²) in [4.78, 5) is 58.8. The van der Waals surface area contributed by atoms with Crippen LogP contribution in [0.15, 0.2) is 35.5 Å². The zero-order valence-corrected chi connectivity index (χ0v) is 25.2. The van der Waals surface area contributed by atoms with Gasteiger partial charge in [0.25, 0.3) is 0 Å². The molecule has 1 aromatic heterocycles. The summed E-state index contributed by atoms with van der Waals surface area (Å²) in [7, 11) is 0. The standard InChI is InChI=1S/C28H44N8O5S/c1-16(2)13-23(27(40)41)36-26(39)22(14-17-15-33-20-8-5-4-7-18(17)20)35-25(38)21(9-6-11-32-28(30)31)34-24(37)19(29)10-12-42-3/h4-5,7-8,15-16,19,21-23,33H,6,9-14,29H2,1-3H3,(H,34,37)(H,35,38)(H,36,39)(H,40,41)(H4,30,31,32). The number of nitrogens with one attached hydrogen (secondary N) is 4. The molecule has 0 bridgehead atoms. The van der Waals surface area contributed by atoms with Crippen LogP contribution < -0.4 is 33.2 Å². The molecule has 0 saturated heterocycles. The van der Waals surface area contributed by atoms with Crippen LogP contribution in [0.1, 0.15) is 45.1 Å². The quantitative estimate of drug-likeness (QED) is 0.0669. The van der Waals surface area contributed by atoms with Gasteiger partial charge in [-0.2, -0.15) is 11.8 Å². The van der Waals surface area contributed by atoms with E-state index in [1.165, 1.54) is 0 Å². The Hall–Kier alpha value is -3.78. The third-order valence-electron chi connectivity index (χ3n) is 6.60. The van der Waals surface area contributed by atoms with Gasteiger partial charge in [0.05, 0.1) is 6.04 Å². The summed E-state index contributed by atoms with van der Waals surface area (Å²) in [5.41, 5.74) is 18.4. The van der Waals surface area contributed by atoms with E-state index < -0.39 is 47.9 Å². The van der Waals surface area contributed by atoms with Gasteiger partial charge in [0, 0.05) is 30.1 Å². The first-order valence-corrected chi connectivity index (χ1v) is 15.3. The van der Waals surface area contributed by atoms with Crippen LogP contribution in [0.2, 0.25) is 0 Å². The second kappa shape index (κ2) is 17.2. The van der Waals surface area contributed by atoms with Crippen molar-refractivity contribution >= 4 is 52.3 Å². The number of nitrogens with zero attached hydrogens (tertiary/aromatic N) is 1. The van der Waals surface area contributed by atoms with Crippen molar-refractivity contribution in [1.29, 1.82) is 0 Å². The number of fused-ring (bicyclic) bond motifs is 1. The molecule has 0 aliphatic heterocycles. The average molecular weight is 605 g/mol. The Morgan fingerprint density at radius 1 is 0.976 bits per heavy atom. The first-order chi connectivity index (χ1) is 19.9. The number of rotatable bonds is 18. The number of carboxylic acid groups (broad SMARTS) is 1. The molecule has 14 heteroatoms. The Labute approximate surface area is 250 Å². The van der Waals surface area contributed by atoms with Gasteiger partial charge in [-0.25, -0.2) is 4.79 Å². The van der Waals surface area contributed by atoms with Crippen molar-refractivity contribution in [3.05, 3.63) is 36.0 Å². The number of carboxylic acids is 1. The van der Waals surface area contributed by atoms with E-state index >= 15 is 0 Å². The van der Waals surface area contributed by atoms with Crippen LogP contribution in [0.5, 0.6) is 0 Å². The van der Waals surface area contributed by atoms with E-state index in [1.54, 1.807) is 18.0 Å². The molecule has 0 radical (unpaired) electrons. The van der Waals surface area contributed by atoms with E-state index in [2.05, 4.69) is 25.9 Å². The number of H-pyrrole nitrogens is 1. The minimum Gasteiger partial charge on any atom is -0.480 e. The second-order valence-electron chi connectivity index (χ2n) is 10.6. The summed E-state index contributed by atoms with van der Waals surface area (Å²) in [5, 5.41) is 18.6. The topological polar surface area (TPSA) is 231 Å². The minimum atomic E-state index is -1.17. The summed E-state index contributed by atoms with van der Waals surface area (Å²) in [5.74, 6) is -2.34. The zero-order valence-electron chi connectivity index (χ0n) is 24.4. The molecule has 2 rings (SSSR count). The van der Waals surface area contributed by atoms with Crippen molar-refractivity contribution in [2.45, 2.75) is 70.1 Å². The third-order valence-corrected chi connectivity index (χ3v) is 7.25. The molecule has 0 spiro atoms. The summed E-state index contributed by atoms with van der Waals surface area (Å²) < 4.78 is 0. The molecule has 0 saturated carbocycles. The maximum Gasteiger partial charge on any atom is 0.326 e. The maximum atomic E-state index is 13.6. The minimum absolute atomic E-state index is 0.00758. The number of aliphatic imine (C=N–C) groups is 1. The van der Waals surface area contributed by atoms with Gasteiger partial charge < -0.3 is 43.2 Å². The Kier molecular flexibility index (Phi) is 14.1. The van der Waals surface area contributed by atoms with Gasteiger partial charge in [-0.3, -0.25) is 19.4 Å². The number of nitrogens with two attached hydrogens (primary N) is 3. The predicted molar refractivity (Wildman–Crippen MR) is 166 cm³/mol. The van der Waals surface area contributed by atoms with Gasteiger partial charge in [0.15, 0.2) is 5.96 Å². The molecule has 232 valence electrons. The van der Waals surface area contributed by atoms with Gasteiger partial charge in [0.2, 0.25) is 17.7 Å². The lowest BCUT2D eigenvalue weighted by Gasteiger charge is -2.25. The van der Waals surface area contributed by atoms with E-state index in [9.17, 15) is 24.3 Å². The highest BCUT2D eigenvalue weighted by Crippen LogP contribution is 2.19. The largest absolute Gasteiger partial charge is 0.480 e. The molecule has 1 heterocycles. The Bertz CT molecular complexity index is 1230. The molecule has 0 fully saturated rings. The first kappa shape index (κ1) is 34.4. The van der Waals surface area contributed by atoms with Crippen LogP contribution in [0, 0.1) is 5.92 Å². The summed E-state index contributed by atoms with van der Waals surface area (Å²) >= 11 is 1.55. The molecule has 3 amide bonds. The number of thioether (sulfide) groups is 1. The van der Waals surface area contributed by atoms with Gasteiger partial charge in [-0.15, -0.1) is 0 Å².